The average molecular weight is 397 g/mol. The summed E-state index contributed by atoms with van der Waals surface area (Å²) in [6.45, 7) is 1.99. The maximum atomic E-state index is 14.0. The molecular formula is C21H21F2N5O. The molecule has 2 aromatic carbocycles. The number of urea groups is 1. The van der Waals surface area contributed by atoms with Crippen LogP contribution >= 0.6 is 0 Å². The summed E-state index contributed by atoms with van der Waals surface area (Å²) in [7, 11) is 0. The van der Waals surface area contributed by atoms with E-state index in [2.05, 4.69) is 25.5 Å². The van der Waals surface area contributed by atoms with Crippen molar-refractivity contribution in [3.05, 3.63) is 60.4 Å². The highest BCUT2D eigenvalue weighted by atomic mass is 19.1. The number of fused-ring (bicyclic) bond motifs is 1. The van der Waals surface area contributed by atoms with Gasteiger partial charge in [-0.1, -0.05) is 12.1 Å². The van der Waals surface area contributed by atoms with Crippen molar-refractivity contribution < 1.29 is 13.6 Å². The summed E-state index contributed by atoms with van der Waals surface area (Å²) >= 11 is 0. The second kappa shape index (κ2) is 8.38. The van der Waals surface area contributed by atoms with Crippen molar-refractivity contribution in [2.45, 2.75) is 12.8 Å². The molecule has 150 valence electrons. The molecule has 1 aliphatic heterocycles. The lowest BCUT2D eigenvalue weighted by molar-refractivity contribution is 0.249. The first-order chi connectivity index (χ1) is 14.1. The molecule has 8 heteroatoms. The van der Waals surface area contributed by atoms with E-state index >= 15 is 0 Å². The maximum absolute atomic E-state index is 14.0. The van der Waals surface area contributed by atoms with Crippen LogP contribution in [0.4, 0.5) is 25.1 Å². The Bertz CT molecular complexity index is 1030. The number of carbonyl (C=O) groups excluding carboxylic acids is 1. The van der Waals surface area contributed by atoms with Gasteiger partial charge in [-0.3, -0.25) is 0 Å². The molecule has 1 aliphatic rings. The lowest BCUT2D eigenvalue weighted by Crippen LogP contribution is -2.42. The second-order valence-electron chi connectivity index (χ2n) is 7.13. The van der Waals surface area contributed by atoms with Crippen molar-refractivity contribution in [3.63, 3.8) is 0 Å². The van der Waals surface area contributed by atoms with Crippen LogP contribution in [0.15, 0.2) is 48.8 Å². The van der Waals surface area contributed by atoms with Gasteiger partial charge in [-0.15, -0.1) is 0 Å². The Labute approximate surface area is 167 Å². The minimum absolute atomic E-state index is 0.223. The highest BCUT2D eigenvalue weighted by Crippen LogP contribution is 2.28. The van der Waals surface area contributed by atoms with E-state index < -0.39 is 5.82 Å². The number of amides is 2. The van der Waals surface area contributed by atoms with Gasteiger partial charge in [0.15, 0.2) is 0 Å². The molecule has 1 unspecified atom stereocenters. The number of hydrogen-bond donors (Lipinski definition) is 2. The Morgan fingerprint density at radius 1 is 1.17 bits per heavy atom. The number of halogens is 2. The van der Waals surface area contributed by atoms with Gasteiger partial charge < -0.3 is 15.5 Å². The van der Waals surface area contributed by atoms with Crippen LogP contribution in [0.25, 0.3) is 10.9 Å². The summed E-state index contributed by atoms with van der Waals surface area (Å²) in [6.07, 6.45) is 3.29. The van der Waals surface area contributed by atoms with Gasteiger partial charge in [0.25, 0.3) is 0 Å². The molecule has 1 atom stereocenters. The fourth-order valence-corrected chi connectivity index (χ4v) is 3.69. The molecule has 3 aromatic rings. The molecule has 2 N–H and O–H groups in total. The van der Waals surface area contributed by atoms with E-state index in [4.69, 9.17) is 0 Å². The zero-order valence-corrected chi connectivity index (χ0v) is 15.7. The molecule has 4 rings (SSSR count). The molecule has 0 aliphatic carbocycles. The van der Waals surface area contributed by atoms with E-state index in [1.54, 1.807) is 18.2 Å². The standard InChI is InChI=1S/C21H21F2N5O/c22-15-5-1-6-16(10-15)27-21(29)24-11-14-4-3-9-28(12-14)20-17-7-2-8-18(23)19(17)25-13-26-20/h1-2,5-8,10,13-14H,3-4,9,11-12H2,(H2,24,27,29). The van der Waals surface area contributed by atoms with Gasteiger partial charge in [0.2, 0.25) is 0 Å². The second-order valence-corrected chi connectivity index (χ2v) is 7.13. The van der Waals surface area contributed by atoms with Gasteiger partial charge in [-0.05, 0) is 49.1 Å². The third kappa shape index (κ3) is 4.42. The molecular weight excluding hydrogens is 376 g/mol. The van der Waals surface area contributed by atoms with Gasteiger partial charge in [0.1, 0.15) is 29.3 Å². The van der Waals surface area contributed by atoms with Crippen LogP contribution in [-0.2, 0) is 0 Å². The molecule has 0 saturated carbocycles. The van der Waals surface area contributed by atoms with Gasteiger partial charge in [-0.2, -0.15) is 0 Å². The number of piperidine rings is 1. The van der Waals surface area contributed by atoms with E-state index in [0.29, 0.717) is 35.5 Å². The van der Waals surface area contributed by atoms with Crippen LogP contribution in [-0.4, -0.2) is 35.6 Å². The quantitative estimate of drug-likeness (QED) is 0.700. The summed E-state index contributed by atoms with van der Waals surface area (Å²) < 4.78 is 27.3. The van der Waals surface area contributed by atoms with E-state index in [1.807, 2.05) is 6.07 Å². The molecule has 1 aromatic heterocycles. The monoisotopic (exact) mass is 397 g/mol. The first-order valence-electron chi connectivity index (χ1n) is 9.55. The number of anilines is 2. The van der Waals surface area contributed by atoms with Crippen LogP contribution in [0.3, 0.4) is 0 Å². The van der Waals surface area contributed by atoms with Crippen LogP contribution < -0.4 is 15.5 Å². The average Bonchev–Trinajstić information content (AvgIpc) is 2.72. The Kier molecular flexibility index (Phi) is 5.50. The lowest BCUT2D eigenvalue weighted by atomic mass is 9.97. The van der Waals surface area contributed by atoms with Crippen molar-refractivity contribution in [3.8, 4) is 0 Å². The predicted octanol–water partition coefficient (Wildman–Crippen LogP) is 3.95. The van der Waals surface area contributed by atoms with Crippen LogP contribution in [0.1, 0.15) is 12.8 Å². The van der Waals surface area contributed by atoms with Gasteiger partial charge in [0, 0.05) is 30.7 Å². The highest BCUT2D eigenvalue weighted by Gasteiger charge is 2.23. The Morgan fingerprint density at radius 2 is 2.03 bits per heavy atom. The first kappa shape index (κ1) is 19.0. The topological polar surface area (TPSA) is 70.2 Å². The van der Waals surface area contributed by atoms with E-state index in [9.17, 15) is 13.6 Å². The van der Waals surface area contributed by atoms with Crippen LogP contribution in [0.2, 0.25) is 0 Å². The molecule has 2 amide bonds. The van der Waals surface area contributed by atoms with Crippen LogP contribution in [0.5, 0.6) is 0 Å². The molecule has 29 heavy (non-hydrogen) atoms. The van der Waals surface area contributed by atoms with Gasteiger partial charge >= 0.3 is 6.03 Å². The fraction of sp³-hybridized carbons (Fsp3) is 0.286. The number of benzene rings is 2. The summed E-state index contributed by atoms with van der Waals surface area (Å²) in [4.78, 5) is 22.7. The minimum atomic E-state index is -0.403. The zero-order chi connectivity index (χ0) is 20.2. The summed E-state index contributed by atoms with van der Waals surface area (Å²) in [5.74, 6) is 0.165. The van der Waals surface area contributed by atoms with E-state index in [0.717, 1.165) is 19.4 Å². The molecule has 0 bridgehead atoms. The largest absolute Gasteiger partial charge is 0.356 e. The van der Waals surface area contributed by atoms with E-state index in [1.165, 1.54) is 24.5 Å². The Hall–Kier alpha value is -3.29. The van der Waals surface area contributed by atoms with Crippen molar-refractivity contribution in [2.75, 3.05) is 29.9 Å². The Morgan fingerprint density at radius 3 is 2.90 bits per heavy atom. The highest BCUT2D eigenvalue weighted by molar-refractivity contribution is 5.90. The maximum Gasteiger partial charge on any atom is 0.319 e. The summed E-state index contributed by atoms with van der Waals surface area (Å²) in [5.41, 5.74) is 0.717. The number of aromatic nitrogens is 2. The van der Waals surface area contributed by atoms with Crippen molar-refractivity contribution >= 4 is 28.4 Å². The number of para-hydroxylation sites is 1. The third-order valence-corrected chi connectivity index (χ3v) is 5.05. The number of hydrogen-bond acceptors (Lipinski definition) is 4. The van der Waals surface area contributed by atoms with Gasteiger partial charge in [0.05, 0.1) is 0 Å². The SMILES string of the molecule is O=C(NCC1CCCN(c2ncnc3c(F)cccc23)C1)Nc1cccc(F)c1. The number of rotatable bonds is 4. The number of nitrogens with zero attached hydrogens (tertiary/aromatic N) is 3. The van der Waals surface area contributed by atoms with Crippen LogP contribution in [0, 0.1) is 17.6 Å². The summed E-state index contributed by atoms with van der Waals surface area (Å²) in [6, 6.07) is 10.3. The van der Waals surface area contributed by atoms with Crippen molar-refractivity contribution in [1.82, 2.24) is 15.3 Å². The number of nitrogens with one attached hydrogen (secondary N) is 2. The first-order valence-corrected chi connectivity index (χ1v) is 9.55. The fourth-order valence-electron chi connectivity index (χ4n) is 3.69. The summed E-state index contributed by atoms with van der Waals surface area (Å²) in [5, 5.41) is 6.16. The smallest absolute Gasteiger partial charge is 0.319 e. The molecule has 1 saturated heterocycles. The minimum Gasteiger partial charge on any atom is -0.356 e. The normalized spacial score (nSPS) is 16.6. The van der Waals surface area contributed by atoms with Gasteiger partial charge in [-0.25, -0.2) is 23.5 Å². The predicted molar refractivity (Wildman–Crippen MR) is 108 cm³/mol. The Balaban J connectivity index is 1.39. The van der Waals surface area contributed by atoms with Crippen molar-refractivity contribution in [1.29, 1.82) is 0 Å². The zero-order valence-electron chi connectivity index (χ0n) is 15.7. The van der Waals surface area contributed by atoms with E-state index in [-0.39, 0.29) is 17.8 Å². The third-order valence-electron chi connectivity index (χ3n) is 5.05. The lowest BCUT2D eigenvalue weighted by Gasteiger charge is -2.34. The molecule has 2 heterocycles. The molecule has 0 spiro atoms. The number of carbonyl (C=O) groups is 1. The molecule has 0 radical (unpaired) electrons. The van der Waals surface area contributed by atoms with Crippen molar-refractivity contribution in [2.24, 2.45) is 5.92 Å². The molecule has 1 fully saturated rings. The molecule has 6 nitrogen and oxygen atoms in total.